The Labute approximate surface area is 74.0 Å². The van der Waals surface area contributed by atoms with Crippen LogP contribution in [0.3, 0.4) is 0 Å². The van der Waals surface area contributed by atoms with E-state index in [1.54, 1.807) is 0 Å². The molecule has 0 fully saturated rings. The quantitative estimate of drug-likeness (QED) is 0.600. The first-order valence-electron chi connectivity index (χ1n) is 3.66. The van der Waals surface area contributed by atoms with Gasteiger partial charge in [-0.25, -0.2) is 0 Å². The average Bonchev–Trinajstić information content (AvgIpc) is 1.87. The van der Waals surface area contributed by atoms with Crippen LogP contribution >= 0.6 is 24.4 Å². The zero-order valence-electron chi connectivity index (χ0n) is 6.81. The first kappa shape index (κ1) is 10.2. The minimum atomic E-state index is 0.439. The topological polar surface area (TPSA) is 0 Å². The molecule has 0 aliphatic rings. The Morgan fingerprint density at radius 1 is 1.30 bits per heavy atom. The SMILES string of the molecule is CCCC(=S)C(=S)C(C)C. The summed E-state index contributed by atoms with van der Waals surface area (Å²) in [4.78, 5) is 1.95. The summed E-state index contributed by atoms with van der Waals surface area (Å²) in [6, 6.07) is 0. The molecule has 0 N–H and O–H groups in total. The maximum atomic E-state index is 5.12. The van der Waals surface area contributed by atoms with Gasteiger partial charge in [-0.05, 0) is 12.3 Å². The van der Waals surface area contributed by atoms with Gasteiger partial charge in [-0.3, -0.25) is 0 Å². The highest BCUT2D eigenvalue weighted by Gasteiger charge is 2.06. The van der Waals surface area contributed by atoms with Crippen molar-refractivity contribution in [2.75, 3.05) is 0 Å². The van der Waals surface area contributed by atoms with E-state index >= 15 is 0 Å². The maximum Gasteiger partial charge on any atom is 0.0316 e. The van der Waals surface area contributed by atoms with Crippen LogP contribution in [0.5, 0.6) is 0 Å². The maximum absolute atomic E-state index is 5.12. The van der Waals surface area contributed by atoms with Crippen LogP contribution in [0.25, 0.3) is 0 Å². The summed E-state index contributed by atoms with van der Waals surface area (Å²) in [5.74, 6) is 0.439. The third-order valence-electron chi connectivity index (χ3n) is 1.28. The van der Waals surface area contributed by atoms with Crippen molar-refractivity contribution >= 4 is 34.2 Å². The van der Waals surface area contributed by atoms with Crippen LogP contribution < -0.4 is 0 Å². The molecule has 0 aliphatic carbocycles. The molecule has 0 nitrogen and oxygen atoms in total. The summed E-state index contributed by atoms with van der Waals surface area (Å²) in [7, 11) is 0. The molecule has 0 saturated heterocycles. The molecule has 58 valence electrons. The first-order valence-corrected chi connectivity index (χ1v) is 4.48. The zero-order chi connectivity index (χ0) is 8.15. The molecule has 0 radical (unpaired) electrons. The third-order valence-corrected chi connectivity index (χ3v) is 2.55. The van der Waals surface area contributed by atoms with E-state index in [1.807, 2.05) is 0 Å². The van der Waals surface area contributed by atoms with E-state index in [0.717, 1.165) is 22.6 Å². The van der Waals surface area contributed by atoms with Crippen molar-refractivity contribution in [1.29, 1.82) is 0 Å². The standard InChI is InChI=1S/C8H14S2/c1-4-5-7(9)8(10)6(2)3/h6H,4-5H2,1-3H3. The smallest absolute Gasteiger partial charge is 0.0316 e. The second-order valence-electron chi connectivity index (χ2n) is 2.69. The van der Waals surface area contributed by atoms with Gasteiger partial charge in [0.1, 0.15) is 0 Å². The Balaban J connectivity index is 3.83. The molecular formula is C8H14S2. The normalized spacial score (nSPS) is 10.0. The van der Waals surface area contributed by atoms with Gasteiger partial charge in [-0.1, -0.05) is 51.6 Å². The summed E-state index contributed by atoms with van der Waals surface area (Å²) in [6.07, 6.45) is 2.08. The van der Waals surface area contributed by atoms with E-state index in [2.05, 4.69) is 20.8 Å². The molecule has 0 heterocycles. The van der Waals surface area contributed by atoms with E-state index < -0.39 is 0 Å². The van der Waals surface area contributed by atoms with Crippen molar-refractivity contribution in [1.82, 2.24) is 0 Å². The van der Waals surface area contributed by atoms with Crippen molar-refractivity contribution in [2.24, 2.45) is 5.92 Å². The van der Waals surface area contributed by atoms with Crippen LogP contribution in [-0.2, 0) is 0 Å². The lowest BCUT2D eigenvalue weighted by molar-refractivity contribution is 0.905. The molecule has 0 unspecified atom stereocenters. The van der Waals surface area contributed by atoms with Gasteiger partial charge < -0.3 is 0 Å². The van der Waals surface area contributed by atoms with Gasteiger partial charge >= 0.3 is 0 Å². The molecule has 2 heteroatoms. The fourth-order valence-electron chi connectivity index (χ4n) is 0.672. The van der Waals surface area contributed by atoms with Gasteiger partial charge in [0.05, 0.1) is 0 Å². The summed E-state index contributed by atoms with van der Waals surface area (Å²) in [5, 5.41) is 0. The van der Waals surface area contributed by atoms with E-state index in [1.165, 1.54) is 0 Å². The molecule has 0 aromatic rings. The van der Waals surface area contributed by atoms with Crippen LogP contribution in [0.4, 0.5) is 0 Å². The van der Waals surface area contributed by atoms with Gasteiger partial charge in [-0.15, -0.1) is 0 Å². The van der Waals surface area contributed by atoms with E-state index in [-0.39, 0.29) is 0 Å². The molecule has 0 aliphatic heterocycles. The largest absolute Gasteiger partial charge is 0.0837 e. The molecule has 0 rings (SSSR count). The fourth-order valence-corrected chi connectivity index (χ4v) is 1.21. The predicted octanol–water partition coefficient (Wildman–Crippen LogP) is 3.18. The molecule has 0 aromatic heterocycles. The van der Waals surface area contributed by atoms with Crippen molar-refractivity contribution in [3.8, 4) is 0 Å². The summed E-state index contributed by atoms with van der Waals surface area (Å²) >= 11 is 10.2. The Bertz CT molecular complexity index is 136. The monoisotopic (exact) mass is 174 g/mol. The van der Waals surface area contributed by atoms with Crippen molar-refractivity contribution in [2.45, 2.75) is 33.6 Å². The lowest BCUT2D eigenvalue weighted by Gasteiger charge is -2.06. The average molecular weight is 174 g/mol. The first-order chi connectivity index (χ1) is 4.59. The van der Waals surface area contributed by atoms with Gasteiger partial charge in [0.25, 0.3) is 0 Å². The molecule has 10 heavy (non-hydrogen) atoms. The summed E-state index contributed by atoms with van der Waals surface area (Å²) in [5.41, 5.74) is 0. The van der Waals surface area contributed by atoms with Gasteiger partial charge in [0.2, 0.25) is 0 Å². The minimum absolute atomic E-state index is 0.439. The minimum Gasteiger partial charge on any atom is -0.0837 e. The second-order valence-corrected chi connectivity index (χ2v) is 3.62. The Morgan fingerprint density at radius 2 is 1.80 bits per heavy atom. The third kappa shape index (κ3) is 3.37. The lowest BCUT2D eigenvalue weighted by Crippen LogP contribution is -2.14. The van der Waals surface area contributed by atoms with E-state index in [4.69, 9.17) is 24.4 Å². The molecule has 0 aromatic carbocycles. The second kappa shape index (κ2) is 4.91. The van der Waals surface area contributed by atoms with Gasteiger partial charge in [0.15, 0.2) is 0 Å². The summed E-state index contributed by atoms with van der Waals surface area (Å²) < 4.78 is 0. The highest BCUT2D eigenvalue weighted by atomic mass is 32.1. The highest BCUT2D eigenvalue weighted by molar-refractivity contribution is 7.89. The molecule has 0 bridgehead atoms. The zero-order valence-corrected chi connectivity index (χ0v) is 8.44. The predicted molar refractivity (Wildman–Crippen MR) is 54.9 cm³/mol. The lowest BCUT2D eigenvalue weighted by atomic mass is 10.1. The molecular weight excluding hydrogens is 160 g/mol. The van der Waals surface area contributed by atoms with Gasteiger partial charge in [0, 0.05) is 9.73 Å². The fraction of sp³-hybridized carbons (Fsp3) is 0.750. The van der Waals surface area contributed by atoms with Crippen LogP contribution in [0.2, 0.25) is 0 Å². The van der Waals surface area contributed by atoms with Crippen molar-refractivity contribution in [3.63, 3.8) is 0 Å². The number of hydrogen-bond donors (Lipinski definition) is 0. The van der Waals surface area contributed by atoms with Crippen LogP contribution in [0, 0.1) is 5.92 Å². The van der Waals surface area contributed by atoms with Crippen molar-refractivity contribution in [3.05, 3.63) is 0 Å². The molecule has 0 saturated carbocycles. The van der Waals surface area contributed by atoms with Crippen molar-refractivity contribution < 1.29 is 0 Å². The molecule has 0 amide bonds. The number of hydrogen-bond acceptors (Lipinski definition) is 2. The van der Waals surface area contributed by atoms with E-state index in [0.29, 0.717) is 5.92 Å². The van der Waals surface area contributed by atoms with Crippen LogP contribution in [0.1, 0.15) is 33.6 Å². The number of thiocarbonyl (C=S) groups is 2. The Morgan fingerprint density at radius 3 is 2.10 bits per heavy atom. The van der Waals surface area contributed by atoms with Gasteiger partial charge in [-0.2, -0.15) is 0 Å². The molecule has 0 atom stereocenters. The Hall–Kier alpha value is 0.180. The number of rotatable bonds is 4. The van der Waals surface area contributed by atoms with Crippen LogP contribution in [-0.4, -0.2) is 9.73 Å². The summed E-state index contributed by atoms with van der Waals surface area (Å²) in [6.45, 7) is 6.30. The van der Waals surface area contributed by atoms with E-state index in [9.17, 15) is 0 Å². The van der Waals surface area contributed by atoms with Crippen LogP contribution in [0.15, 0.2) is 0 Å². The Kier molecular flexibility index (Phi) is 5.00. The highest BCUT2D eigenvalue weighted by Crippen LogP contribution is 2.04. The molecule has 0 spiro atoms.